The van der Waals surface area contributed by atoms with E-state index in [1.807, 2.05) is 13.4 Å². The molecule has 1 N–H and O–H groups in total. The summed E-state index contributed by atoms with van der Waals surface area (Å²) in [5, 5.41) is 3.30. The summed E-state index contributed by atoms with van der Waals surface area (Å²) in [6.45, 7) is 4.53. The molecule has 2 unspecified atom stereocenters. The summed E-state index contributed by atoms with van der Waals surface area (Å²) >= 11 is 0. The van der Waals surface area contributed by atoms with Gasteiger partial charge in [0.15, 0.2) is 0 Å². The molecule has 1 aliphatic carbocycles. The topological polar surface area (TPSA) is 29.9 Å². The Bertz CT molecular complexity index is 343. The van der Waals surface area contributed by atoms with Crippen molar-refractivity contribution in [1.82, 2.24) is 14.9 Å². The van der Waals surface area contributed by atoms with Crippen LogP contribution < -0.4 is 5.32 Å². The zero-order valence-electron chi connectivity index (χ0n) is 10.7. The fourth-order valence-electron chi connectivity index (χ4n) is 2.62. The Morgan fingerprint density at radius 3 is 2.88 bits per heavy atom. The van der Waals surface area contributed by atoms with Gasteiger partial charge in [-0.3, -0.25) is 0 Å². The Kier molecular flexibility index (Phi) is 3.64. The highest BCUT2D eigenvalue weighted by atomic mass is 15.1. The maximum Gasteiger partial charge on any atom is 0.0954 e. The van der Waals surface area contributed by atoms with Crippen LogP contribution in [0.4, 0.5) is 0 Å². The molecule has 2 rings (SSSR count). The fourth-order valence-corrected chi connectivity index (χ4v) is 2.62. The monoisotopic (exact) mass is 221 g/mol. The van der Waals surface area contributed by atoms with Crippen LogP contribution in [0.1, 0.15) is 50.5 Å². The first-order valence-electron chi connectivity index (χ1n) is 6.44. The predicted molar refractivity (Wildman–Crippen MR) is 66.7 cm³/mol. The minimum Gasteiger partial charge on any atom is -0.331 e. The highest BCUT2D eigenvalue weighted by Gasteiger charge is 2.18. The van der Waals surface area contributed by atoms with Crippen molar-refractivity contribution in [3.63, 3.8) is 0 Å². The molecule has 0 bridgehead atoms. The Labute approximate surface area is 98.3 Å². The minimum atomic E-state index is 0.553. The summed E-state index contributed by atoms with van der Waals surface area (Å²) in [6.07, 6.45) is 8.24. The van der Waals surface area contributed by atoms with Gasteiger partial charge in [-0.25, -0.2) is 4.98 Å². The number of nitrogens with zero attached hydrogens (tertiary/aromatic N) is 2. The highest BCUT2D eigenvalue weighted by Crippen LogP contribution is 2.24. The van der Waals surface area contributed by atoms with Gasteiger partial charge in [0.2, 0.25) is 0 Å². The van der Waals surface area contributed by atoms with Crippen molar-refractivity contribution < 1.29 is 0 Å². The van der Waals surface area contributed by atoms with Gasteiger partial charge in [-0.05, 0) is 53.0 Å². The number of aromatic nitrogens is 2. The molecule has 0 spiro atoms. The van der Waals surface area contributed by atoms with Gasteiger partial charge in [-0.2, -0.15) is 0 Å². The van der Waals surface area contributed by atoms with E-state index >= 15 is 0 Å². The van der Waals surface area contributed by atoms with Crippen molar-refractivity contribution in [3.8, 4) is 0 Å². The lowest BCUT2D eigenvalue weighted by Crippen LogP contribution is -2.25. The van der Waals surface area contributed by atoms with Crippen molar-refractivity contribution in [2.75, 3.05) is 7.05 Å². The van der Waals surface area contributed by atoms with Gasteiger partial charge >= 0.3 is 0 Å². The molecule has 0 saturated carbocycles. The number of aryl methyl sites for hydroxylation is 1. The number of nitrogens with one attached hydrogen (secondary N) is 1. The Morgan fingerprint density at radius 1 is 1.38 bits per heavy atom. The van der Waals surface area contributed by atoms with E-state index in [0.29, 0.717) is 12.1 Å². The van der Waals surface area contributed by atoms with E-state index in [0.717, 1.165) is 0 Å². The summed E-state index contributed by atoms with van der Waals surface area (Å²) in [4.78, 5) is 4.55. The number of fused-ring (bicyclic) bond motifs is 1. The molecule has 1 heterocycles. The van der Waals surface area contributed by atoms with Crippen molar-refractivity contribution in [3.05, 3.63) is 17.7 Å². The normalized spacial score (nSPS) is 19.2. The smallest absolute Gasteiger partial charge is 0.0954 e. The number of hydrogen-bond donors (Lipinski definition) is 1. The Hall–Kier alpha value is -0.830. The molecule has 2 atom stereocenters. The van der Waals surface area contributed by atoms with Gasteiger partial charge < -0.3 is 9.88 Å². The molecule has 1 aliphatic rings. The maximum absolute atomic E-state index is 4.55. The van der Waals surface area contributed by atoms with Crippen molar-refractivity contribution in [2.24, 2.45) is 0 Å². The van der Waals surface area contributed by atoms with E-state index in [1.54, 1.807) is 0 Å². The second-order valence-corrected chi connectivity index (χ2v) is 5.03. The van der Waals surface area contributed by atoms with Gasteiger partial charge in [0.25, 0.3) is 0 Å². The molecule has 0 aliphatic heterocycles. The van der Waals surface area contributed by atoms with Crippen molar-refractivity contribution in [1.29, 1.82) is 0 Å². The first-order chi connectivity index (χ1) is 7.72. The van der Waals surface area contributed by atoms with Crippen LogP contribution in [0.15, 0.2) is 6.33 Å². The number of imidazole rings is 1. The molecule has 90 valence electrons. The Balaban J connectivity index is 2.11. The second kappa shape index (κ2) is 5.00. The molecule has 0 radical (unpaired) electrons. The molecule has 0 amide bonds. The standard InChI is InChI=1S/C13H23N3/c1-10(14-3)8-11(2)16-9-15-12-6-4-5-7-13(12)16/h9-11,14H,4-8H2,1-3H3. The number of hydrogen-bond acceptors (Lipinski definition) is 2. The predicted octanol–water partition coefficient (Wildman–Crippen LogP) is 2.32. The lowest BCUT2D eigenvalue weighted by molar-refractivity contribution is 0.419. The molecule has 3 heteroatoms. The zero-order chi connectivity index (χ0) is 11.5. The molecule has 0 fully saturated rings. The molecule has 0 saturated heterocycles. The summed E-state index contributed by atoms with van der Waals surface area (Å²) in [5.74, 6) is 0. The molecular formula is C13H23N3. The van der Waals surface area contributed by atoms with Gasteiger partial charge in [-0.1, -0.05) is 0 Å². The van der Waals surface area contributed by atoms with Gasteiger partial charge in [-0.15, -0.1) is 0 Å². The van der Waals surface area contributed by atoms with E-state index in [2.05, 4.69) is 28.7 Å². The average molecular weight is 221 g/mol. The second-order valence-electron chi connectivity index (χ2n) is 5.03. The first-order valence-corrected chi connectivity index (χ1v) is 6.44. The van der Waals surface area contributed by atoms with Crippen LogP contribution in [0.3, 0.4) is 0 Å². The summed E-state index contributed by atoms with van der Waals surface area (Å²) < 4.78 is 2.39. The third kappa shape index (κ3) is 2.29. The van der Waals surface area contributed by atoms with E-state index in [-0.39, 0.29) is 0 Å². The molecular weight excluding hydrogens is 198 g/mol. The molecule has 16 heavy (non-hydrogen) atoms. The van der Waals surface area contributed by atoms with Crippen LogP contribution in [-0.2, 0) is 12.8 Å². The van der Waals surface area contributed by atoms with Crippen LogP contribution >= 0.6 is 0 Å². The summed E-state index contributed by atoms with van der Waals surface area (Å²) in [5.41, 5.74) is 2.83. The molecule has 3 nitrogen and oxygen atoms in total. The van der Waals surface area contributed by atoms with E-state index in [1.165, 1.54) is 43.5 Å². The quantitative estimate of drug-likeness (QED) is 0.845. The summed E-state index contributed by atoms with van der Waals surface area (Å²) in [7, 11) is 2.03. The third-order valence-electron chi connectivity index (χ3n) is 3.72. The van der Waals surface area contributed by atoms with E-state index in [9.17, 15) is 0 Å². The third-order valence-corrected chi connectivity index (χ3v) is 3.72. The maximum atomic E-state index is 4.55. The fraction of sp³-hybridized carbons (Fsp3) is 0.769. The van der Waals surface area contributed by atoms with Crippen molar-refractivity contribution >= 4 is 0 Å². The van der Waals surface area contributed by atoms with Crippen LogP contribution in [0, 0.1) is 0 Å². The van der Waals surface area contributed by atoms with Gasteiger partial charge in [0.1, 0.15) is 0 Å². The molecule has 0 aromatic carbocycles. The van der Waals surface area contributed by atoms with Crippen LogP contribution in [-0.4, -0.2) is 22.6 Å². The highest BCUT2D eigenvalue weighted by molar-refractivity contribution is 5.17. The Morgan fingerprint density at radius 2 is 2.12 bits per heavy atom. The molecule has 1 aromatic rings. The lowest BCUT2D eigenvalue weighted by atomic mass is 10.0. The van der Waals surface area contributed by atoms with Crippen LogP contribution in [0.25, 0.3) is 0 Å². The van der Waals surface area contributed by atoms with Gasteiger partial charge in [0, 0.05) is 17.8 Å². The average Bonchev–Trinajstić information content (AvgIpc) is 2.72. The van der Waals surface area contributed by atoms with E-state index < -0.39 is 0 Å². The minimum absolute atomic E-state index is 0.553. The summed E-state index contributed by atoms with van der Waals surface area (Å²) in [6, 6.07) is 1.12. The molecule has 1 aromatic heterocycles. The number of rotatable bonds is 4. The lowest BCUT2D eigenvalue weighted by Gasteiger charge is -2.22. The van der Waals surface area contributed by atoms with Gasteiger partial charge in [0.05, 0.1) is 12.0 Å². The van der Waals surface area contributed by atoms with Crippen molar-refractivity contribution in [2.45, 2.75) is 58.0 Å². The van der Waals surface area contributed by atoms with E-state index in [4.69, 9.17) is 0 Å². The zero-order valence-corrected chi connectivity index (χ0v) is 10.7. The largest absolute Gasteiger partial charge is 0.331 e. The first kappa shape index (κ1) is 11.6. The SMILES string of the molecule is CNC(C)CC(C)n1cnc2c1CCCC2. The van der Waals surface area contributed by atoms with Crippen LogP contribution in [0.5, 0.6) is 0 Å². The van der Waals surface area contributed by atoms with Crippen LogP contribution in [0.2, 0.25) is 0 Å².